The number of hydrazine groups is 1. The van der Waals surface area contributed by atoms with Crippen molar-refractivity contribution in [2.75, 3.05) is 13.1 Å². The summed E-state index contributed by atoms with van der Waals surface area (Å²) in [5.74, 6) is -0.756. The first kappa shape index (κ1) is 21.4. The van der Waals surface area contributed by atoms with Crippen molar-refractivity contribution in [1.29, 1.82) is 0 Å². The van der Waals surface area contributed by atoms with Crippen molar-refractivity contribution in [3.8, 4) is 0 Å². The number of hydrogen-bond acceptors (Lipinski definition) is 6. The monoisotopic (exact) mass is 436 g/mol. The van der Waals surface area contributed by atoms with E-state index >= 15 is 0 Å². The van der Waals surface area contributed by atoms with Crippen LogP contribution >= 0.6 is 11.3 Å². The molecule has 0 unspecified atom stereocenters. The van der Waals surface area contributed by atoms with Gasteiger partial charge in [-0.25, -0.2) is 13.4 Å². The van der Waals surface area contributed by atoms with Gasteiger partial charge in [-0.05, 0) is 44.0 Å². The second kappa shape index (κ2) is 8.60. The highest BCUT2D eigenvalue weighted by atomic mass is 32.2. The lowest BCUT2D eigenvalue weighted by atomic mass is 10.2. The molecule has 0 atom stereocenters. The highest BCUT2D eigenvalue weighted by Crippen LogP contribution is 2.24. The molecule has 0 bridgehead atoms. The minimum absolute atomic E-state index is 0.154. The van der Waals surface area contributed by atoms with Gasteiger partial charge in [-0.2, -0.15) is 4.31 Å². The van der Waals surface area contributed by atoms with Crippen LogP contribution in [0.25, 0.3) is 0 Å². The Bertz CT molecular complexity index is 1010. The Morgan fingerprint density at radius 1 is 1.07 bits per heavy atom. The van der Waals surface area contributed by atoms with E-state index in [-0.39, 0.29) is 16.4 Å². The highest BCUT2D eigenvalue weighted by Gasteiger charge is 2.27. The molecule has 1 aromatic carbocycles. The standard InChI is InChI=1S/C19H24N4O4S2/c1-12(2)19-20-13(3)16(28-19)18(25)22-21-17(24)14-6-8-15(9-7-14)29(26,27)23-10-4-5-11-23/h6-9,12H,4-5,10-11H2,1-3H3,(H,21,24)(H,22,25). The Morgan fingerprint density at radius 3 is 2.21 bits per heavy atom. The van der Waals surface area contributed by atoms with Gasteiger partial charge >= 0.3 is 0 Å². The molecule has 0 aliphatic carbocycles. The van der Waals surface area contributed by atoms with Gasteiger partial charge in [-0.15, -0.1) is 11.3 Å². The molecule has 156 valence electrons. The first-order valence-electron chi connectivity index (χ1n) is 9.38. The minimum Gasteiger partial charge on any atom is -0.267 e. The van der Waals surface area contributed by atoms with E-state index in [0.29, 0.717) is 23.7 Å². The van der Waals surface area contributed by atoms with Crippen molar-refractivity contribution in [3.05, 3.63) is 45.4 Å². The zero-order valence-corrected chi connectivity index (χ0v) is 18.2. The summed E-state index contributed by atoms with van der Waals surface area (Å²) in [4.78, 5) is 29.6. The average molecular weight is 437 g/mol. The predicted molar refractivity (Wildman–Crippen MR) is 110 cm³/mol. The molecular weight excluding hydrogens is 412 g/mol. The number of amides is 2. The zero-order valence-electron chi connectivity index (χ0n) is 16.6. The van der Waals surface area contributed by atoms with Crippen molar-refractivity contribution >= 4 is 33.2 Å². The molecule has 1 fully saturated rings. The maximum absolute atomic E-state index is 12.5. The molecular formula is C19H24N4O4S2. The third-order valence-electron chi connectivity index (χ3n) is 4.62. The summed E-state index contributed by atoms with van der Waals surface area (Å²) >= 11 is 1.29. The molecule has 0 saturated carbocycles. The molecule has 1 saturated heterocycles. The number of rotatable bonds is 5. The zero-order chi connectivity index (χ0) is 21.2. The van der Waals surface area contributed by atoms with Crippen LogP contribution in [0.15, 0.2) is 29.2 Å². The van der Waals surface area contributed by atoms with E-state index in [1.807, 2.05) is 13.8 Å². The number of benzene rings is 1. The van der Waals surface area contributed by atoms with Crippen LogP contribution in [0.1, 0.15) is 63.3 Å². The van der Waals surface area contributed by atoms with Gasteiger partial charge in [0.2, 0.25) is 10.0 Å². The largest absolute Gasteiger partial charge is 0.281 e. The fourth-order valence-corrected chi connectivity index (χ4v) is 5.45. The molecule has 1 aliphatic heterocycles. The quantitative estimate of drug-likeness (QED) is 0.700. The molecule has 1 aromatic heterocycles. The molecule has 3 rings (SSSR count). The lowest BCUT2D eigenvalue weighted by Crippen LogP contribution is -2.41. The fraction of sp³-hybridized carbons (Fsp3) is 0.421. The molecule has 2 amide bonds. The first-order chi connectivity index (χ1) is 13.7. The van der Waals surface area contributed by atoms with E-state index < -0.39 is 21.8 Å². The Labute approximate surface area is 174 Å². The maximum Gasteiger partial charge on any atom is 0.281 e. The van der Waals surface area contributed by atoms with Crippen molar-refractivity contribution in [1.82, 2.24) is 20.1 Å². The maximum atomic E-state index is 12.5. The SMILES string of the molecule is Cc1nc(C(C)C)sc1C(=O)NNC(=O)c1ccc(S(=O)(=O)N2CCCC2)cc1. The van der Waals surface area contributed by atoms with Crippen LogP contribution in [-0.2, 0) is 10.0 Å². The summed E-state index contributed by atoms with van der Waals surface area (Å²) in [5, 5.41) is 0.855. The van der Waals surface area contributed by atoms with Gasteiger partial charge in [-0.1, -0.05) is 13.8 Å². The summed E-state index contributed by atoms with van der Waals surface area (Å²) in [6, 6.07) is 5.68. The second-order valence-corrected chi connectivity index (χ2v) is 10.1. The number of carbonyl (C=O) groups excluding carboxylic acids is 2. The van der Waals surface area contributed by atoms with Gasteiger partial charge < -0.3 is 0 Å². The van der Waals surface area contributed by atoms with E-state index in [9.17, 15) is 18.0 Å². The minimum atomic E-state index is -3.53. The number of aryl methyl sites for hydroxylation is 1. The number of nitrogens with zero attached hydrogens (tertiary/aromatic N) is 2. The van der Waals surface area contributed by atoms with Crippen LogP contribution in [0.5, 0.6) is 0 Å². The molecule has 2 N–H and O–H groups in total. The van der Waals surface area contributed by atoms with Gasteiger partial charge in [-0.3, -0.25) is 20.4 Å². The fourth-order valence-electron chi connectivity index (χ4n) is 2.97. The van der Waals surface area contributed by atoms with Crippen LogP contribution in [0.4, 0.5) is 0 Å². The number of carbonyl (C=O) groups is 2. The van der Waals surface area contributed by atoms with E-state index in [4.69, 9.17) is 0 Å². The summed E-state index contributed by atoms with van der Waals surface area (Å²) in [7, 11) is -3.53. The van der Waals surface area contributed by atoms with Crippen molar-refractivity contribution in [2.45, 2.75) is 44.4 Å². The molecule has 2 aromatic rings. The Kier molecular flexibility index (Phi) is 6.35. The summed E-state index contributed by atoms with van der Waals surface area (Å²) < 4.78 is 26.5. The van der Waals surface area contributed by atoms with Crippen LogP contribution in [0.3, 0.4) is 0 Å². The average Bonchev–Trinajstić information content (AvgIpc) is 3.36. The summed E-state index contributed by atoms with van der Waals surface area (Å²) in [5.41, 5.74) is 5.60. The number of thiazole rings is 1. The van der Waals surface area contributed by atoms with Crippen LogP contribution in [0, 0.1) is 6.92 Å². The van der Waals surface area contributed by atoms with E-state index in [2.05, 4.69) is 15.8 Å². The normalized spacial score (nSPS) is 14.9. The molecule has 10 heteroatoms. The number of sulfonamides is 1. The Balaban J connectivity index is 1.63. The van der Waals surface area contributed by atoms with Gasteiger partial charge in [0.1, 0.15) is 4.88 Å². The van der Waals surface area contributed by atoms with Gasteiger partial charge in [0, 0.05) is 24.6 Å². The van der Waals surface area contributed by atoms with E-state index in [0.717, 1.165) is 17.8 Å². The first-order valence-corrected chi connectivity index (χ1v) is 11.6. The number of nitrogens with one attached hydrogen (secondary N) is 2. The summed E-state index contributed by atoms with van der Waals surface area (Å²) in [6.45, 7) is 6.78. The number of hydrogen-bond donors (Lipinski definition) is 2. The van der Waals surface area contributed by atoms with Crippen LogP contribution < -0.4 is 10.9 Å². The third-order valence-corrected chi connectivity index (χ3v) is 7.99. The lowest BCUT2D eigenvalue weighted by molar-refractivity contribution is 0.0848. The van der Waals surface area contributed by atoms with E-state index in [1.165, 1.54) is 39.9 Å². The molecule has 8 nitrogen and oxygen atoms in total. The van der Waals surface area contributed by atoms with Crippen molar-refractivity contribution < 1.29 is 18.0 Å². The molecule has 1 aliphatic rings. The predicted octanol–water partition coefficient (Wildman–Crippen LogP) is 2.43. The summed E-state index contributed by atoms with van der Waals surface area (Å²) in [6.07, 6.45) is 1.72. The van der Waals surface area contributed by atoms with Crippen molar-refractivity contribution in [3.63, 3.8) is 0 Å². The molecule has 2 heterocycles. The molecule has 0 spiro atoms. The topological polar surface area (TPSA) is 108 Å². The Hall–Kier alpha value is -2.30. The Morgan fingerprint density at radius 2 is 1.66 bits per heavy atom. The van der Waals surface area contributed by atoms with Gasteiger partial charge in [0.15, 0.2) is 0 Å². The third kappa shape index (κ3) is 4.65. The van der Waals surface area contributed by atoms with Crippen LogP contribution in [0.2, 0.25) is 0 Å². The highest BCUT2D eigenvalue weighted by molar-refractivity contribution is 7.89. The van der Waals surface area contributed by atoms with Gasteiger partial charge in [0.05, 0.1) is 15.6 Å². The van der Waals surface area contributed by atoms with E-state index in [1.54, 1.807) is 6.92 Å². The lowest BCUT2D eigenvalue weighted by Gasteiger charge is -2.15. The smallest absolute Gasteiger partial charge is 0.267 e. The van der Waals surface area contributed by atoms with Crippen molar-refractivity contribution in [2.24, 2.45) is 0 Å². The van der Waals surface area contributed by atoms with Crippen LogP contribution in [-0.4, -0.2) is 42.6 Å². The van der Waals surface area contributed by atoms with Gasteiger partial charge in [0.25, 0.3) is 11.8 Å². The number of aromatic nitrogens is 1. The molecule has 29 heavy (non-hydrogen) atoms. The molecule has 0 radical (unpaired) electrons. The second-order valence-electron chi connectivity index (χ2n) is 7.17.